The van der Waals surface area contributed by atoms with Gasteiger partial charge in [0.2, 0.25) is 0 Å². The third-order valence-electron chi connectivity index (χ3n) is 5.51. The molecular formula is C25H29NO3. The van der Waals surface area contributed by atoms with Crippen molar-refractivity contribution < 1.29 is 14.7 Å². The molecule has 1 aliphatic rings. The highest BCUT2D eigenvalue weighted by Gasteiger charge is 2.45. The third-order valence-corrected chi connectivity index (χ3v) is 5.51. The van der Waals surface area contributed by atoms with Crippen molar-refractivity contribution in [2.75, 3.05) is 6.54 Å². The molecule has 1 fully saturated rings. The van der Waals surface area contributed by atoms with E-state index in [-0.39, 0.29) is 11.3 Å². The van der Waals surface area contributed by atoms with Crippen LogP contribution in [0.25, 0.3) is 5.76 Å². The molecular weight excluding hydrogens is 362 g/mol. The van der Waals surface area contributed by atoms with Crippen molar-refractivity contribution in [2.45, 2.75) is 52.5 Å². The van der Waals surface area contributed by atoms with Gasteiger partial charge in [-0.1, -0.05) is 85.8 Å². The number of aliphatic hydroxyl groups excluding tert-OH is 1. The Hall–Kier alpha value is -2.88. The van der Waals surface area contributed by atoms with Gasteiger partial charge in [-0.15, -0.1) is 0 Å². The Morgan fingerprint density at radius 2 is 1.48 bits per heavy atom. The quantitative estimate of drug-likeness (QED) is 0.301. The van der Waals surface area contributed by atoms with E-state index in [1.165, 1.54) is 0 Å². The Labute approximate surface area is 172 Å². The van der Waals surface area contributed by atoms with E-state index in [4.69, 9.17) is 0 Å². The molecule has 0 aliphatic carbocycles. The molecule has 2 aromatic carbocycles. The molecule has 0 aromatic heterocycles. The lowest BCUT2D eigenvalue weighted by Crippen LogP contribution is -2.30. The summed E-state index contributed by atoms with van der Waals surface area (Å²) in [5, 5.41) is 11.0. The summed E-state index contributed by atoms with van der Waals surface area (Å²) in [5.41, 5.74) is 3.74. The molecule has 0 radical (unpaired) electrons. The summed E-state index contributed by atoms with van der Waals surface area (Å²) >= 11 is 0. The number of amides is 1. The molecule has 2 aromatic rings. The molecule has 1 aliphatic heterocycles. The zero-order valence-corrected chi connectivity index (χ0v) is 17.4. The Balaban J connectivity index is 2.05. The van der Waals surface area contributed by atoms with Crippen LogP contribution in [0.4, 0.5) is 0 Å². The maximum Gasteiger partial charge on any atom is 0.295 e. The lowest BCUT2D eigenvalue weighted by Gasteiger charge is -2.25. The molecule has 0 bridgehead atoms. The number of aliphatic hydroxyl groups is 1. The van der Waals surface area contributed by atoms with Crippen LogP contribution in [0.3, 0.4) is 0 Å². The minimum absolute atomic E-state index is 0.106. The van der Waals surface area contributed by atoms with Gasteiger partial charge in [-0.2, -0.15) is 0 Å². The molecule has 152 valence electrons. The van der Waals surface area contributed by atoms with Crippen molar-refractivity contribution in [3.8, 4) is 0 Å². The maximum absolute atomic E-state index is 12.9. The van der Waals surface area contributed by atoms with Crippen molar-refractivity contribution in [2.24, 2.45) is 0 Å². The predicted octanol–water partition coefficient (Wildman–Crippen LogP) is 5.31. The van der Waals surface area contributed by atoms with Gasteiger partial charge >= 0.3 is 0 Å². The second kappa shape index (κ2) is 9.08. The van der Waals surface area contributed by atoms with Crippen molar-refractivity contribution >= 4 is 17.4 Å². The van der Waals surface area contributed by atoms with Gasteiger partial charge in [0.1, 0.15) is 5.76 Å². The van der Waals surface area contributed by atoms with Crippen LogP contribution in [-0.2, 0) is 9.59 Å². The number of carbonyl (C=O) groups excluding carboxylic acids is 2. The average Bonchev–Trinajstić information content (AvgIpc) is 2.96. The van der Waals surface area contributed by atoms with Gasteiger partial charge in [-0.3, -0.25) is 9.59 Å². The van der Waals surface area contributed by atoms with Crippen LogP contribution in [0, 0.1) is 13.8 Å². The van der Waals surface area contributed by atoms with E-state index in [0.717, 1.165) is 42.4 Å². The minimum atomic E-state index is -0.607. The van der Waals surface area contributed by atoms with E-state index in [2.05, 4.69) is 6.92 Å². The van der Waals surface area contributed by atoms with Crippen molar-refractivity contribution in [3.05, 3.63) is 76.4 Å². The Bertz CT molecular complexity index is 910. The van der Waals surface area contributed by atoms with Gasteiger partial charge in [0.25, 0.3) is 11.7 Å². The van der Waals surface area contributed by atoms with Gasteiger partial charge in [0.05, 0.1) is 11.6 Å². The Kier molecular flexibility index (Phi) is 6.53. The van der Waals surface area contributed by atoms with Gasteiger partial charge in [0.15, 0.2) is 0 Å². The van der Waals surface area contributed by atoms with Crippen molar-refractivity contribution in [1.82, 2.24) is 4.90 Å². The molecule has 4 heteroatoms. The van der Waals surface area contributed by atoms with Crippen molar-refractivity contribution in [3.63, 3.8) is 0 Å². The number of likely N-dealkylation sites (tertiary alicyclic amines) is 1. The fraction of sp³-hybridized carbons (Fsp3) is 0.360. The van der Waals surface area contributed by atoms with Crippen LogP contribution in [0.15, 0.2) is 54.1 Å². The van der Waals surface area contributed by atoms with Crippen LogP contribution in [0.1, 0.15) is 60.9 Å². The SMILES string of the molecule is CCCCCCN1C(=O)C(=O)C(=C(O)c2ccc(C)cc2)[C@H]1c1ccc(C)cc1. The van der Waals surface area contributed by atoms with Crippen LogP contribution in [-0.4, -0.2) is 28.2 Å². The first-order valence-electron chi connectivity index (χ1n) is 10.4. The molecule has 0 spiro atoms. The van der Waals surface area contributed by atoms with Gasteiger partial charge in [-0.05, 0) is 25.8 Å². The first kappa shape index (κ1) is 20.8. The number of ketones is 1. The molecule has 29 heavy (non-hydrogen) atoms. The number of Topliss-reactive ketones (excluding diaryl/α,β-unsaturated/α-hetero) is 1. The zero-order chi connectivity index (χ0) is 21.0. The summed E-state index contributed by atoms with van der Waals surface area (Å²) in [6.45, 7) is 6.61. The normalized spacial score (nSPS) is 18.4. The number of benzene rings is 2. The smallest absolute Gasteiger partial charge is 0.295 e. The third kappa shape index (κ3) is 4.42. The van der Waals surface area contributed by atoms with Gasteiger partial charge in [0, 0.05) is 12.1 Å². The van der Waals surface area contributed by atoms with Crippen LogP contribution >= 0.6 is 0 Å². The largest absolute Gasteiger partial charge is 0.507 e. The number of hydrogen-bond donors (Lipinski definition) is 1. The zero-order valence-electron chi connectivity index (χ0n) is 17.4. The number of aryl methyl sites for hydroxylation is 2. The number of carbonyl (C=O) groups is 2. The van der Waals surface area contributed by atoms with Gasteiger partial charge < -0.3 is 10.0 Å². The summed E-state index contributed by atoms with van der Waals surface area (Å²) in [4.78, 5) is 27.4. The van der Waals surface area contributed by atoms with E-state index in [9.17, 15) is 14.7 Å². The van der Waals surface area contributed by atoms with E-state index < -0.39 is 17.7 Å². The fourth-order valence-electron chi connectivity index (χ4n) is 3.78. The topological polar surface area (TPSA) is 57.6 Å². The molecule has 1 heterocycles. The first-order chi connectivity index (χ1) is 13.9. The Morgan fingerprint density at radius 1 is 0.897 bits per heavy atom. The highest BCUT2D eigenvalue weighted by molar-refractivity contribution is 6.46. The molecule has 0 saturated carbocycles. The van der Waals surface area contributed by atoms with Crippen LogP contribution in [0.5, 0.6) is 0 Å². The van der Waals surface area contributed by atoms with E-state index in [1.807, 2.05) is 50.2 Å². The lowest BCUT2D eigenvalue weighted by atomic mass is 9.94. The minimum Gasteiger partial charge on any atom is -0.507 e. The molecule has 1 amide bonds. The Morgan fingerprint density at radius 3 is 2.07 bits per heavy atom. The monoisotopic (exact) mass is 391 g/mol. The molecule has 3 rings (SSSR count). The highest BCUT2D eigenvalue weighted by Crippen LogP contribution is 2.39. The number of unbranched alkanes of at least 4 members (excludes halogenated alkanes) is 3. The standard InChI is InChI=1S/C25H29NO3/c1-4-5-6-7-16-26-22(19-12-8-17(2)9-13-19)21(24(28)25(26)29)23(27)20-14-10-18(3)11-15-20/h8-15,22,27H,4-7,16H2,1-3H3/t22-/m1/s1. The van der Waals surface area contributed by atoms with E-state index in [0.29, 0.717) is 12.1 Å². The lowest BCUT2D eigenvalue weighted by molar-refractivity contribution is -0.139. The highest BCUT2D eigenvalue weighted by atomic mass is 16.3. The first-order valence-corrected chi connectivity index (χ1v) is 10.4. The molecule has 0 unspecified atom stereocenters. The van der Waals surface area contributed by atoms with E-state index in [1.54, 1.807) is 17.0 Å². The van der Waals surface area contributed by atoms with Crippen molar-refractivity contribution in [1.29, 1.82) is 0 Å². The number of hydrogen-bond acceptors (Lipinski definition) is 3. The van der Waals surface area contributed by atoms with Gasteiger partial charge in [-0.25, -0.2) is 0 Å². The second-order valence-electron chi connectivity index (χ2n) is 7.83. The summed E-state index contributed by atoms with van der Waals surface area (Å²) in [5.74, 6) is -1.24. The van der Waals surface area contributed by atoms with Crippen LogP contribution < -0.4 is 0 Å². The molecule has 1 N–H and O–H groups in total. The molecule has 1 saturated heterocycles. The maximum atomic E-state index is 12.9. The summed E-state index contributed by atoms with van der Waals surface area (Å²) in [7, 11) is 0. The summed E-state index contributed by atoms with van der Waals surface area (Å²) in [6.07, 6.45) is 4.06. The average molecular weight is 392 g/mol. The number of rotatable bonds is 7. The predicted molar refractivity (Wildman–Crippen MR) is 116 cm³/mol. The molecule has 4 nitrogen and oxygen atoms in total. The fourth-order valence-corrected chi connectivity index (χ4v) is 3.78. The molecule has 1 atom stereocenters. The summed E-state index contributed by atoms with van der Waals surface area (Å²) < 4.78 is 0. The van der Waals surface area contributed by atoms with E-state index >= 15 is 0 Å². The van der Waals surface area contributed by atoms with Crippen LogP contribution in [0.2, 0.25) is 0 Å². The second-order valence-corrected chi connectivity index (χ2v) is 7.83. The summed E-state index contributed by atoms with van der Waals surface area (Å²) in [6, 6.07) is 14.6. The number of nitrogens with zero attached hydrogens (tertiary/aromatic N) is 1.